The van der Waals surface area contributed by atoms with E-state index in [4.69, 9.17) is 5.11 Å². The third-order valence-electron chi connectivity index (χ3n) is 2.02. The van der Waals surface area contributed by atoms with Gasteiger partial charge in [0.05, 0.1) is 6.54 Å². The molecule has 0 aromatic heterocycles. The van der Waals surface area contributed by atoms with E-state index in [1.807, 2.05) is 6.92 Å². The summed E-state index contributed by atoms with van der Waals surface area (Å²) in [5.74, 6) is -1.47. The Labute approximate surface area is 95.2 Å². The quantitative estimate of drug-likeness (QED) is 0.539. The van der Waals surface area contributed by atoms with Gasteiger partial charge >= 0.3 is 5.97 Å². The van der Waals surface area contributed by atoms with Gasteiger partial charge in [-0.15, -0.1) is 0 Å². The molecule has 0 fully saturated rings. The number of aliphatic carboxylic acids is 1. The average molecular weight is 232 g/mol. The van der Waals surface area contributed by atoms with Crippen molar-refractivity contribution in [3.05, 3.63) is 0 Å². The number of aliphatic hydroxyl groups is 1. The zero-order chi connectivity index (χ0) is 12.8. The first kappa shape index (κ1) is 14.9. The summed E-state index contributed by atoms with van der Waals surface area (Å²) in [5, 5.41) is 20.8. The number of carbonyl (C=O) groups excluding carboxylic acids is 1. The summed E-state index contributed by atoms with van der Waals surface area (Å²) in [5.41, 5.74) is -1.83. The van der Waals surface area contributed by atoms with Crippen molar-refractivity contribution in [2.45, 2.75) is 25.9 Å². The zero-order valence-electron chi connectivity index (χ0n) is 9.99. The number of hydrogen-bond acceptors (Lipinski definition) is 4. The fourth-order valence-electron chi connectivity index (χ4n) is 1.21. The maximum absolute atomic E-state index is 11.3. The van der Waals surface area contributed by atoms with Gasteiger partial charge in [0.25, 0.3) is 0 Å². The van der Waals surface area contributed by atoms with Crippen LogP contribution in [0.25, 0.3) is 0 Å². The number of nitrogens with one attached hydrogen (secondary N) is 1. The first-order chi connectivity index (χ1) is 7.29. The minimum Gasteiger partial charge on any atom is -0.479 e. The number of carboxylic acids is 1. The predicted octanol–water partition coefficient (Wildman–Crippen LogP) is -0.720. The number of carbonyl (C=O) groups is 2. The van der Waals surface area contributed by atoms with Crippen molar-refractivity contribution in [3.63, 3.8) is 0 Å². The van der Waals surface area contributed by atoms with Crippen LogP contribution in [0.15, 0.2) is 0 Å². The van der Waals surface area contributed by atoms with Crippen LogP contribution in [0.3, 0.4) is 0 Å². The van der Waals surface area contributed by atoms with Crippen molar-refractivity contribution < 1.29 is 19.8 Å². The van der Waals surface area contributed by atoms with Crippen LogP contribution < -0.4 is 5.32 Å². The predicted molar refractivity (Wildman–Crippen MR) is 59.1 cm³/mol. The number of amides is 1. The van der Waals surface area contributed by atoms with E-state index in [1.165, 1.54) is 11.8 Å². The lowest BCUT2D eigenvalue weighted by Crippen LogP contribution is -2.48. The third kappa shape index (κ3) is 5.67. The summed E-state index contributed by atoms with van der Waals surface area (Å²) >= 11 is 0. The molecular formula is C10H20N2O4. The molecular weight excluding hydrogens is 212 g/mol. The van der Waals surface area contributed by atoms with Crippen LogP contribution in [-0.2, 0) is 9.59 Å². The van der Waals surface area contributed by atoms with Gasteiger partial charge in [0.15, 0.2) is 5.60 Å². The van der Waals surface area contributed by atoms with Gasteiger partial charge in [-0.25, -0.2) is 4.79 Å². The van der Waals surface area contributed by atoms with E-state index in [1.54, 1.807) is 7.05 Å². The first-order valence-electron chi connectivity index (χ1n) is 5.20. The van der Waals surface area contributed by atoms with Gasteiger partial charge in [-0.1, -0.05) is 6.92 Å². The van der Waals surface area contributed by atoms with Gasteiger partial charge in [-0.3, -0.25) is 9.69 Å². The highest BCUT2D eigenvalue weighted by Gasteiger charge is 2.31. The molecule has 0 spiro atoms. The lowest BCUT2D eigenvalue weighted by molar-refractivity contribution is -0.158. The van der Waals surface area contributed by atoms with E-state index in [2.05, 4.69) is 5.32 Å². The fraction of sp³-hybridized carbons (Fsp3) is 0.800. The molecule has 0 aliphatic rings. The maximum Gasteiger partial charge on any atom is 0.336 e. The summed E-state index contributed by atoms with van der Waals surface area (Å²) in [7, 11) is 1.59. The molecule has 0 aliphatic carbocycles. The summed E-state index contributed by atoms with van der Waals surface area (Å²) < 4.78 is 0. The second-order valence-corrected chi connectivity index (χ2v) is 4.10. The van der Waals surface area contributed by atoms with Crippen molar-refractivity contribution in [1.82, 2.24) is 10.2 Å². The highest BCUT2D eigenvalue weighted by molar-refractivity contribution is 5.79. The van der Waals surface area contributed by atoms with Crippen LogP contribution in [0.2, 0.25) is 0 Å². The van der Waals surface area contributed by atoms with E-state index in [0.29, 0.717) is 6.54 Å². The Morgan fingerprint density at radius 1 is 1.44 bits per heavy atom. The Balaban J connectivity index is 4.03. The van der Waals surface area contributed by atoms with E-state index in [-0.39, 0.29) is 19.0 Å². The number of rotatable bonds is 7. The van der Waals surface area contributed by atoms with Crippen LogP contribution in [0.1, 0.15) is 20.3 Å². The molecule has 0 aromatic rings. The molecule has 0 radical (unpaired) electrons. The SMILES string of the molecule is CCCNC(=O)CN(C)CC(C)(O)C(=O)O. The molecule has 3 N–H and O–H groups in total. The van der Waals surface area contributed by atoms with Crippen LogP contribution in [0.4, 0.5) is 0 Å². The van der Waals surface area contributed by atoms with Crippen molar-refractivity contribution in [2.75, 3.05) is 26.7 Å². The number of carboxylic acid groups (broad SMARTS) is 1. The Morgan fingerprint density at radius 3 is 2.44 bits per heavy atom. The molecule has 6 nitrogen and oxygen atoms in total. The lowest BCUT2D eigenvalue weighted by atomic mass is 10.1. The zero-order valence-corrected chi connectivity index (χ0v) is 9.99. The van der Waals surface area contributed by atoms with Gasteiger partial charge < -0.3 is 15.5 Å². The summed E-state index contributed by atoms with van der Waals surface area (Å²) in [6.07, 6.45) is 0.849. The van der Waals surface area contributed by atoms with Crippen LogP contribution in [0, 0.1) is 0 Å². The van der Waals surface area contributed by atoms with Crippen LogP contribution in [-0.4, -0.2) is 59.3 Å². The molecule has 0 bridgehead atoms. The second kappa shape index (κ2) is 6.44. The van der Waals surface area contributed by atoms with E-state index >= 15 is 0 Å². The third-order valence-corrected chi connectivity index (χ3v) is 2.02. The largest absolute Gasteiger partial charge is 0.479 e. The molecule has 1 amide bonds. The van der Waals surface area contributed by atoms with Gasteiger partial charge in [0, 0.05) is 13.1 Å². The number of hydrogen-bond donors (Lipinski definition) is 3. The maximum atomic E-state index is 11.3. The Morgan fingerprint density at radius 2 is 2.00 bits per heavy atom. The molecule has 0 aliphatic heterocycles. The monoisotopic (exact) mass is 232 g/mol. The summed E-state index contributed by atoms with van der Waals surface area (Å²) in [6.45, 7) is 3.72. The molecule has 0 saturated heterocycles. The van der Waals surface area contributed by atoms with Crippen molar-refractivity contribution in [1.29, 1.82) is 0 Å². The first-order valence-corrected chi connectivity index (χ1v) is 5.20. The molecule has 1 unspecified atom stereocenters. The van der Waals surface area contributed by atoms with Gasteiger partial charge in [0.2, 0.25) is 5.91 Å². The molecule has 0 saturated carbocycles. The standard InChI is InChI=1S/C10H20N2O4/c1-4-5-11-8(13)6-12(3)7-10(2,16)9(14)15/h16H,4-7H2,1-3H3,(H,11,13)(H,14,15). The highest BCUT2D eigenvalue weighted by atomic mass is 16.4. The highest BCUT2D eigenvalue weighted by Crippen LogP contribution is 2.04. The van der Waals surface area contributed by atoms with Crippen molar-refractivity contribution >= 4 is 11.9 Å². The van der Waals surface area contributed by atoms with E-state index < -0.39 is 11.6 Å². The Kier molecular flexibility index (Phi) is 5.98. The smallest absolute Gasteiger partial charge is 0.336 e. The van der Waals surface area contributed by atoms with Crippen LogP contribution in [0.5, 0.6) is 0 Å². The molecule has 6 heteroatoms. The summed E-state index contributed by atoms with van der Waals surface area (Å²) in [6, 6.07) is 0. The van der Waals surface area contributed by atoms with E-state index in [9.17, 15) is 14.7 Å². The minimum absolute atomic E-state index is 0.0728. The number of nitrogens with zero attached hydrogens (tertiary/aromatic N) is 1. The molecule has 16 heavy (non-hydrogen) atoms. The van der Waals surface area contributed by atoms with Crippen molar-refractivity contribution in [3.8, 4) is 0 Å². The van der Waals surface area contributed by atoms with Gasteiger partial charge in [-0.2, -0.15) is 0 Å². The minimum atomic E-state index is -1.83. The van der Waals surface area contributed by atoms with Gasteiger partial charge in [0.1, 0.15) is 0 Å². The Bertz CT molecular complexity index is 253. The topological polar surface area (TPSA) is 89.9 Å². The molecule has 0 heterocycles. The van der Waals surface area contributed by atoms with Gasteiger partial charge in [-0.05, 0) is 20.4 Å². The van der Waals surface area contributed by atoms with Crippen molar-refractivity contribution in [2.24, 2.45) is 0 Å². The fourth-order valence-corrected chi connectivity index (χ4v) is 1.21. The second-order valence-electron chi connectivity index (χ2n) is 4.10. The lowest BCUT2D eigenvalue weighted by Gasteiger charge is -2.24. The molecule has 1 atom stereocenters. The Hall–Kier alpha value is -1.14. The molecule has 0 aromatic carbocycles. The van der Waals surface area contributed by atoms with Crippen LogP contribution >= 0.6 is 0 Å². The summed E-state index contributed by atoms with van der Waals surface area (Å²) in [4.78, 5) is 23.4. The molecule has 94 valence electrons. The number of likely N-dealkylation sites (N-methyl/N-ethyl adjacent to an activating group) is 1. The average Bonchev–Trinajstić information content (AvgIpc) is 2.13. The van der Waals surface area contributed by atoms with E-state index in [0.717, 1.165) is 6.42 Å². The normalized spacial score (nSPS) is 14.6. The molecule has 0 rings (SSSR count).